The van der Waals surface area contributed by atoms with E-state index in [1.165, 1.54) is 11.1 Å². The average Bonchev–Trinajstić information content (AvgIpc) is 2.98. The first kappa shape index (κ1) is 9.53. The number of ether oxygens (including phenoxy) is 1. The third kappa shape index (κ3) is 1.40. The predicted octanol–water partition coefficient (Wildman–Crippen LogP) is 2.03. The largest absolute Gasteiger partial charge is 0.497 e. The summed E-state index contributed by atoms with van der Waals surface area (Å²) in [6, 6.07) is 6.08. The van der Waals surface area contributed by atoms with Gasteiger partial charge in [-0.05, 0) is 43.0 Å². The Morgan fingerprint density at radius 1 is 1.43 bits per heavy atom. The number of rotatable bonds is 3. The molecule has 0 spiro atoms. The van der Waals surface area contributed by atoms with Gasteiger partial charge < -0.3 is 9.84 Å². The molecule has 1 saturated carbocycles. The van der Waals surface area contributed by atoms with Crippen LogP contribution in [0.3, 0.4) is 0 Å². The van der Waals surface area contributed by atoms with E-state index in [2.05, 4.69) is 13.0 Å². The summed E-state index contributed by atoms with van der Waals surface area (Å²) in [6.45, 7) is 2.34. The van der Waals surface area contributed by atoms with Crippen LogP contribution in [-0.4, -0.2) is 18.8 Å². The summed E-state index contributed by atoms with van der Waals surface area (Å²) in [5.74, 6) is 0.889. The normalized spacial score (nSPS) is 17.9. The zero-order valence-corrected chi connectivity index (χ0v) is 8.71. The highest BCUT2D eigenvalue weighted by molar-refractivity contribution is 5.42. The minimum atomic E-state index is 0.0658. The van der Waals surface area contributed by atoms with Gasteiger partial charge in [0, 0.05) is 5.41 Å². The molecule has 0 radical (unpaired) electrons. The molecule has 1 aliphatic rings. The highest BCUT2D eigenvalue weighted by Crippen LogP contribution is 2.49. The molecule has 0 aliphatic heterocycles. The van der Waals surface area contributed by atoms with E-state index in [0.717, 1.165) is 18.6 Å². The number of methoxy groups -OCH3 is 1. The van der Waals surface area contributed by atoms with Gasteiger partial charge in [-0.25, -0.2) is 0 Å². The van der Waals surface area contributed by atoms with Gasteiger partial charge in [0.1, 0.15) is 5.75 Å². The molecule has 0 heterocycles. The van der Waals surface area contributed by atoms with Crippen molar-refractivity contribution in [3.63, 3.8) is 0 Å². The van der Waals surface area contributed by atoms with Crippen molar-refractivity contribution in [2.45, 2.75) is 25.2 Å². The molecule has 1 N–H and O–H groups in total. The van der Waals surface area contributed by atoms with Crippen LogP contribution in [-0.2, 0) is 5.41 Å². The van der Waals surface area contributed by atoms with E-state index >= 15 is 0 Å². The Kier molecular flexibility index (Phi) is 2.23. The van der Waals surface area contributed by atoms with Gasteiger partial charge >= 0.3 is 0 Å². The molecule has 1 aliphatic carbocycles. The third-order valence-corrected chi connectivity index (χ3v) is 3.16. The van der Waals surface area contributed by atoms with Gasteiger partial charge in [-0.2, -0.15) is 0 Å². The summed E-state index contributed by atoms with van der Waals surface area (Å²) in [5, 5.41) is 9.33. The summed E-state index contributed by atoms with van der Waals surface area (Å²) in [4.78, 5) is 0. The lowest BCUT2D eigenvalue weighted by atomic mass is 9.92. The van der Waals surface area contributed by atoms with E-state index in [1.54, 1.807) is 7.11 Å². The highest BCUT2D eigenvalue weighted by Gasteiger charge is 2.44. The molecule has 2 rings (SSSR count). The Balaban J connectivity index is 2.36. The van der Waals surface area contributed by atoms with Crippen LogP contribution in [0.5, 0.6) is 5.75 Å². The molecule has 14 heavy (non-hydrogen) atoms. The molecule has 1 fully saturated rings. The zero-order chi connectivity index (χ0) is 10.2. The van der Waals surface area contributed by atoms with Crippen molar-refractivity contribution in [1.82, 2.24) is 0 Å². The van der Waals surface area contributed by atoms with Crippen LogP contribution in [0.1, 0.15) is 24.0 Å². The molecule has 1 aromatic carbocycles. The van der Waals surface area contributed by atoms with Gasteiger partial charge in [0.2, 0.25) is 0 Å². The fraction of sp³-hybridized carbons (Fsp3) is 0.500. The Hall–Kier alpha value is -1.02. The van der Waals surface area contributed by atoms with E-state index in [-0.39, 0.29) is 12.0 Å². The van der Waals surface area contributed by atoms with Crippen molar-refractivity contribution in [1.29, 1.82) is 0 Å². The van der Waals surface area contributed by atoms with Gasteiger partial charge in [-0.15, -0.1) is 0 Å². The van der Waals surface area contributed by atoms with Gasteiger partial charge in [-0.1, -0.05) is 6.07 Å². The molecule has 0 amide bonds. The Bertz CT molecular complexity index is 340. The highest BCUT2D eigenvalue weighted by atomic mass is 16.5. The minimum Gasteiger partial charge on any atom is -0.497 e. The van der Waals surface area contributed by atoms with Crippen molar-refractivity contribution in [2.24, 2.45) is 0 Å². The van der Waals surface area contributed by atoms with E-state index in [4.69, 9.17) is 4.74 Å². The van der Waals surface area contributed by atoms with Crippen molar-refractivity contribution < 1.29 is 9.84 Å². The number of hydrogen-bond acceptors (Lipinski definition) is 2. The van der Waals surface area contributed by atoms with E-state index < -0.39 is 0 Å². The SMILES string of the molecule is COc1ccc(C2(CO)CC2)c(C)c1. The van der Waals surface area contributed by atoms with E-state index in [9.17, 15) is 5.11 Å². The summed E-state index contributed by atoms with van der Waals surface area (Å²) in [5.41, 5.74) is 2.56. The van der Waals surface area contributed by atoms with E-state index in [1.807, 2.05) is 12.1 Å². The van der Waals surface area contributed by atoms with Crippen LogP contribution in [0.15, 0.2) is 18.2 Å². The lowest BCUT2D eigenvalue weighted by molar-refractivity contribution is 0.254. The number of aliphatic hydroxyl groups is 1. The molecule has 76 valence electrons. The third-order valence-electron chi connectivity index (χ3n) is 3.16. The van der Waals surface area contributed by atoms with Crippen LogP contribution in [0.25, 0.3) is 0 Å². The van der Waals surface area contributed by atoms with Crippen molar-refractivity contribution in [3.8, 4) is 5.75 Å². The second kappa shape index (κ2) is 3.28. The molecular weight excluding hydrogens is 176 g/mol. The lowest BCUT2D eigenvalue weighted by Gasteiger charge is -2.15. The smallest absolute Gasteiger partial charge is 0.119 e. The van der Waals surface area contributed by atoms with Crippen molar-refractivity contribution in [2.75, 3.05) is 13.7 Å². The lowest BCUT2D eigenvalue weighted by Crippen LogP contribution is -2.13. The van der Waals surface area contributed by atoms with Crippen LogP contribution < -0.4 is 4.74 Å². The first-order valence-electron chi connectivity index (χ1n) is 4.98. The summed E-state index contributed by atoms with van der Waals surface area (Å²) >= 11 is 0. The predicted molar refractivity (Wildman–Crippen MR) is 55.7 cm³/mol. The maximum absolute atomic E-state index is 9.33. The fourth-order valence-corrected chi connectivity index (χ4v) is 2.02. The zero-order valence-electron chi connectivity index (χ0n) is 8.71. The molecule has 0 atom stereocenters. The van der Waals surface area contributed by atoms with Crippen LogP contribution in [0, 0.1) is 6.92 Å². The van der Waals surface area contributed by atoms with Crippen molar-refractivity contribution >= 4 is 0 Å². The monoisotopic (exact) mass is 192 g/mol. The molecule has 2 nitrogen and oxygen atoms in total. The second-order valence-electron chi connectivity index (χ2n) is 4.12. The number of aliphatic hydroxyl groups excluding tert-OH is 1. The van der Waals surface area contributed by atoms with E-state index in [0.29, 0.717) is 0 Å². The summed E-state index contributed by atoms with van der Waals surface area (Å²) < 4.78 is 5.15. The molecule has 0 unspecified atom stereocenters. The van der Waals surface area contributed by atoms with Gasteiger partial charge in [0.05, 0.1) is 13.7 Å². The molecule has 0 bridgehead atoms. The van der Waals surface area contributed by atoms with Crippen LogP contribution in [0.4, 0.5) is 0 Å². The first-order chi connectivity index (χ1) is 6.72. The molecule has 0 aromatic heterocycles. The summed E-state index contributed by atoms with van der Waals surface area (Å²) in [6.07, 6.45) is 2.22. The number of benzene rings is 1. The Labute approximate surface area is 84.5 Å². The average molecular weight is 192 g/mol. The van der Waals surface area contributed by atoms with Gasteiger partial charge in [0.25, 0.3) is 0 Å². The Morgan fingerprint density at radius 3 is 2.57 bits per heavy atom. The topological polar surface area (TPSA) is 29.5 Å². The molecular formula is C12H16O2. The second-order valence-corrected chi connectivity index (χ2v) is 4.12. The maximum Gasteiger partial charge on any atom is 0.119 e. The summed E-state index contributed by atoms with van der Waals surface area (Å²) in [7, 11) is 1.67. The number of hydrogen-bond donors (Lipinski definition) is 1. The van der Waals surface area contributed by atoms with Gasteiger partial charge in [-0.3, -0.25) is 0 Å². The Morgan fingerprint density at radius 2 is 2.14 bits per heavy atom. The van der Waals surface area contributed by atoms with Crippen molar-refractivity contribution in [3.05, 3.63) is 29.3 Å². The molecule has 2 heteroatoms. The van der Waals surface area contributed by atoms with Crippen LogP contribution in [0.2, 0.25) is 0 Å². The first-order valence-corrected chi connectivity index (χ1v) is 4.98. The maximum atomic E-state index is 9.33. The standard InChI is InChI=1S/C12H16O2/c1-9-7-10(14-2)3-4-11(9)12(8-13)5-6-12/h3-4,7,13H,5-6,8H2,1-2H3. The fourth-order valence-electron chi connectivity index (χ4n) is 2.02. The molecule has 0 saturated heterocycles. The quantitative estimate of drug-likeness (QED) is 0.794. The van der Waals surface area contributed by atoms with Gasteiger partial charge in [0.15, 0.2) is 0 Å². The van der Waals surface area contributed by atoms with Crippen LogP contribution >= 0.6 is 0 Å². The number of aryl methyl sites for hydroxylation is 1. The minimum absolute atomic E-state index is 0.0658. The molecule has 1 aromatic rings.